The van der Waals surface area contributed by atoms with Crippen LogP contribution in [-0.4, -0.2) is 17.0 Å². The molecule has 2 rings (SSSR count). The second-order valence-corrected chi connectivity index (χ2v) is 5.24. The number of nitriles is 1. The summed E-state index contributed by atoms with van der Waals surface area (Å²) in [6.45, 7) is 0.700. The lowest BCUT2D eigenvalue weighted by Gasteiger charge is -2.17. The van der Waals surface area contributed by atoms with Gasteiger partial charge in [-0.15, -0.1) is 11.3 Å². The highest BCUT2D eigenvalue weighted by Gasteiger charge is 2.12. The van der Waals surface area contributed by atoms with Gasteiger partial charge in [0.2, 0.25) is 0 Å². The molecule has 2 heterocycles. The molecule has 0 saturated heterocycles. The molecule has 0 aromatic carbocycles. The lowest BCUT2D eigenvalue weighted by molar-refractivity contribution is 0.895. The maximum atomic E-state index is 8.96. The van der Waals surface area contributed by atoms with Crippen molar-refractivity contribution in [1.29, 1.82) is 5.26 Å². The summed E-state index contributed by atoms with van der Waals surface area (Å²) >= 11 is 5.15. The summed E-state index contributed by atoms with van der Waals surface area (Å²) in [6, 6.07) is 4.06. The molecule has 86 valence electrons. The van der Waals surface area contributed by atoms with E-state index in [4.69, 9.17) is 5.26 Å². The van der Waals surface area contributed by atoms with Gasteiger partial charge in [-0.1, -0.05) is 0 Å². The number of rotatable bonds is 3. The summed E-state index contributed by atoms with van der Waals surface area (Å²) < 4.78 is 1.08. The van der Waals surface area contributed by atoms with Crippen LogP contribution in [0.2, 0.25) is 0 Å². The van der Waals surface area contributed by atoms with Gasteiger partial charge in [-0.2, -0.15) is 5.26 Å². The van der Waals surface area contributed by atoms with Crippen molar-refractivity contribution >= 4 is 33.1 Å². The average molecular weight is 309 g/mol. The Morgan fingerprint density at radius 1 is 1.47 bits per heavy atom. The summed E-state index contributed by atoms with van der Waals surface area (Å²) in [5.41, 5.74) is 0.350. The lowest BCUT2D eigenvalue weighted by Crippen LogP contribution is -2.18. The van der Waals surface area contributed by atoms with Crippen molar-refractivity contribution in [2.24, 2.45) is 0 Å². The van der Waals surface area contributed by atoms with Gasteiger partial charge in [-0.3, -0.25) is 0 Å². The fraction of sp³-hybridized carbons (Fsp3) is 0.182. The average Bonchev–Trinajstić information content (AvgIpc) is 2.75. The molecular weight excluding hydrogens is 300 g/mol. The summed E-state index contributed by atoms with van der Waals surface area (Å²) in [6.07, 6.45) is 3.12. The van der Waals surface area contributed by atoms with Crippen molar-refractivity contribution in [3.8, 4) is 6.07 Å². The molecular formula is C11H9BrN4S. The molecule has 0 unspecified atom stereocenters. The van der Waals surface area contributed by atoms with E-state index in [2.05, 4.69) is 25.9 Å². The zero-order valence-electron chi connectivity index (χ0n) is 9.09. The van der Waals surface area contributed by atoms with Crippen LogP contribution in [0.15, 0.2) is 28.3 Å². The van der Waals surface area contributed by atoms with E-state index >= 15 is 0 Å². The Balaban J connectivity index is 2.24. The first-order valence-electron chi connectivity index (χ1n) is 4.86. The van der Waals surface area contributed by atoms with Gasteiger partial charge in [0.15, 0.2) is 11.5 Å². The smallest absolute Gasteiger partial charge is 0.183 e. The van der Waals surface area contributed by atoms with Gasteiger partial charge in [0.05, 0.1) is 6.54 Å². The van der Waals surface area contributed by atoms with Crippen LogP contribution in [0.1, 0.15) is 10.6 Å². The van der Waals surface area contributed by atoms with Gasteiger partial charge in [-0.25, -0.2) is 9.97 Å². The number of halogens is 1. The molecule has 0 spiro atoms. The predicted octanol–water partition coefficient (Wildman–Crippen LogP) is 2.81. The molecule has 0 fully saturated rings. The third-order valence-electron chi connectivity index (χ3n) is 2.22. The van der Waals surface area contributed by atoms with Crippen molar-refractivity contribution in [1.82, 2.24) is 9.97 Å². The monoisotopic (exact) mass is 308 g/mol. The van der Waals surface area contributed by atoms with Crippen molar-refractivity contribution in [3.63, 3.8) is 0 Å². The molecule has 0 aliphatic carbocycles. The molecule has 2 aromatic rings. The predicted molar refractivity (Wildman–Crippen MR) is 70.9 cm³/mol. The molecule has 0 atom stereocenters. The first kappa shape index (κ1) is 12.0. The van der Waals surface area contributed by atoms with Gasteiger partial charge in [0, 0.05) is 28.8 Å². The van der Waals surface area contributed by atoms with Crippen LogP contribution in [0.25, 0.3) is 0 Å². The fourth-order valence-corrected chi connectivity index (χ4v) is 2.95. The SMILES string of the molecule is CN(Cc1sccc1Br)c1nccnc1C#N. The van der Waals surface area contributed by atoms with Crippen molar-refractivity contribution < 1.29 is 0 Å². The van der Waals surface area contributed by atoms with E-state index in [9.17, 15) is 0 Å². The van der Waals surface area contributed by atoms with Gasteiger partial charge in [-0.05, 0) is 27.4 Å². The molecule has 0 bridgehead atoms. The Morgan fingerprint density at radius 3 is 2.88 bits per heavy atom. The highest BCUT2D eigenvalue weighted by Crippen LogP contribution is 2.25. The molecule has 4 nitrogen and oxygen atoms in total. The minimum Gasteiger partial charge on any atom is -0.352 e. The summed E-state index contributed by atoms with van der Waals surface area (Å²) in [7, 11) is 1.90. The molecule has 0 aliphatic heterocycles. The third kappa shape index (κ3) is 2.62. The topological polar surface area (TPSA) is 52.8 Å². The Morgan fingerprint density at radius 2 is 2.24 bits per heavy atom. The maximum Gasteiger partial charge on any atom is 0.183 e. The van der Waals surface area contributed by atoms with Gasteiger partial charge >= 0.3 is 0 Å². The van der Waals surface area contributed by atoms with E-state index in [1.54, 1.807) is 17.5 Å². The molecule has 0 amide bonds. The lowest BCUT2D eigenvalue weighted by atomic mass is 10.3. The maximum absolute atomic E-state index is 8.96. The zero-order valence-corrected chi connectivity index (χ0v) is 11.5. The van der Waals surface area contributed by atoms with Crippen LogP contribution in [0.4, 0.5) is 5.82 Å². The fourth-order valence-electron chi connectivity index (χ4n) is 1.42. The number of hydrogen-bond donors (Lipinski definition) is 0. The van der Waals surface area contributed by atoms with Crippen LogP contribution < -0.4 is 4.90 Å². The van der Waals surface area contributed by atoms with Crippen molar-refractivity contribution in [2.75, 3.05) is 11.9 Å². The largest absolute Gasteiger partial charge is 0.352 e. The molecule has 2 aromatic heterocycles. The summed E-state index contributed by atoms with van der Waals surface area (Å²) in [5.74, 6) is 0.607. The minimum absolute atomic E-state index is 0.350. The molecule has 0 radical (unpaired) electrons. The van der Waals surface area contributed by atoms with E-state index in [1.165, 1.54) is 11.1 Å². The van der Waals surface area contributed by atoms with E-state index in [0.717, 1.165) is 4.47 Å². The minimum atomic E-state index is 0.350. The Bertz CT molecular complexity index is 561. The highest BCUT2D eigenvalue weighted by molar-refractivity contribution is 9.10. The molecule has 0 N–H and O–H groups in total. The van der Waals surface area contributed by atoms with Gasteiger partial charge in [0.1, 0.15) is 6.07 Å². The number of hydrogen-bond acceptors (Lipinski definition) is 5. The molecule has 6 heteroatoms. The van der Waals surface area contributed by atoms with Crippen LogP contribution in [-0.2, 0) is 6.54 Å². The van der Waals surface area contributed by atoms with Crippen LogP contribution in [0.5, 0.6) is 0 Å². The van der Waals surface area contributed by atoms with E-state index in [1.807, 2.05) is 29.5 Å². The van der Waals surface area contributed by atoms with E-state index in [-0.39, 0.29) is 0 Å². The quantitative estimate of drug-likeness (QED) is 0.875. The van der Waals surface area contributed by atoms with E-state index in [0.29, 0.717) is 18.1 Å². The molecule has 0 saturated carbocycles. The molecule has 17 heavy (non-hydrogen) atoms. The Kier molecular flexibility index (Phi) is 3.71. The van der Waals surface area contributed by atoms with Crippen LogP contribution >= 0.6 is 27.3 Å². The van der Waals surface area contributed by atoms with Crippen molar-refractivity contribution in [2.45, 2.75) is 6.54 Å². The normalized spacial score (nSPS) is 9.94. The summed E-state index contributed by atoms with van der Waals surface area (Å²) in [4.78, 5) is 11.3. The number of nitrogens with zero attached hydrogens (tertiary/aromatic N) is 4. The standard InChI is InChI=1S/C11H9BrN4S/c1-16(7-10-8(12)2-5-17-10)11-9(6-13)14-3-4-15-11/h2-5H,7H2,1H3. The first-order chi connectivity index (χ1) is 8.22. The van der Waals surface area contributed by atoms with Crippen molar-refractivity contribution in [3.05, 3.63) is 38.9 Å². The molecule has 0 aliphatic rings. The highest BCUT2D eigenvalue weighted by atomic mass is 79.9. The Hall–Kier alpha value is -1.45. The number of anilines is 1. The Labute approximate surface area is 112 Å². The number of aromatic nitrogens is 2. The van der Waals surface area contributed by atoms with Crippen LogP contribution in [0.3, 0.4) is 0 Å². The van der Waals surface area contributed by atoms with Gasteiger partial charge < -0.3 is 4.90 Å². The zero-order chi connectivity index (χ0) is 12.3. The number of thiophene rings is 1. The van der Waals surface area contributed by atoms with Gasteiger partial charge in [0.25, 0.3) is 0 Å². The van der Waals surface area contributed by atoms with E-state index < -0.39 is 0 Å². The van der Waals surface area contributed by atoms with Crippen LogP contribution in [0, 0.1) is 11.3 Å². The first-order valence-corrected chi connectivity index (χ1v) is 6.53. The third-order valence-corrected chi connectivity index (χ3v) is 4.13. The second-order valence-electron chi connectivity index (χ2n) is 3.39. The summed E-state index contributed by atoms with van der Waals surface area (Å²) in [5, 5.41) is 11.0. The second kappa shape index (κ2) is 5.25.